The molecule has 7 heteroatoms. The second kappa shape index (κ2) is 4.94. The van der Waals surface area contributed by atoms with Crippen LogP contribution in [0.15, 0.2) is 22.9 Å². The number of likely N-dealkylation sites (tertiary alicyclic amines) is 1. The SMILES string of the molecule is CC(C)(C)OC(=O)N1CC(C)(n2nc(Br)c3cccnc32)C1. The quantitative estimate of drug-likeness (QED) is 0.777. The topological polar surface area (TPSA) is 60.2 Å². The van der Waals surface area contributed by atoms with E-state index in [2.05, 4.69) is 32.9 Å². The molecule has 0 aromatic carbocycles. The lowest BCUT2D eigenvalue weighted by atomic mass is 9.93. The summed E-state index contributed by atoms with van der Waals surface area (Å²) in [6.07, 6.45) is 1.47. The number of pyridine rings is 1. The molecular weight excluding hydrogens is 348 g/mol. The predicted molar refractivity (Wildman–Crippen MR) is 86.7 cm³/mol. The van der Waals surface area contributed by atoms with Gasteiger partial charge in [-0.1, -0.05) is 0 Å². The highest BCUT2D eigenvalue weighted by atomic mass is 79.9. The van der Waals surface area contributed by atoms with Gasteiger partial charge in [0, 0.05) is 6.20 Å². The molecular formula is C15H19BrN4O2. The Morgan fingerprint density at radius 3 is 2.73 bits per heavy atom. The summed E-state index contributed by atoms with van der Waals surface area (Å²) in [4.78, 5) is 18.2. The van der Waals surface area contributed by atoms with E-state index in [1.807, 2.05) is 37.6 Å². The summed E-state index contributed by atoms with van der Waals surface area (Å²) < 4.78 is 8.06. The van der Waals surface area contributed by atoms with Gasteiger partial charge < -0.3 is 9.64 Å². The van der Waals surface area contributed by atoms with Crippen LogP contribution in [0.25, 0.3) is 11.0 Å². The van der Waals surface area contributed by atoms with Crippen LogP contribution in [-0.2, 0) is 10.3 Å². The van der Waals surface area contributed by atoms with E-state index in [1.165, 1.54) is 0 Å². The second-order valence-electron chi connectivity index (χ2n) is 6.91. The summed E-state index contributed by atoms with van der Waals surface area (Å²) in [5.74, 6) is 0. The fourth-order valence-electron chi connectivity index (χ4n) is 2.66. The fraction of sp³-hybridized carbons (Fsp3) is 0.533. The summed E-state index contributed by atoms with van der Waals surface area (Å²) >= 11 is 3.47. The number of nitrogens with zero attached hydrogens (tertiary/aromatic N) is 4. The molecule has 1 aliphatic heterocycles. The molecule has 0 bridgehead atoms. The number of carbonyl (C=O) groups is 1. The third kappa shape index (κ3) is 2.58. The first-order chi connectivity index (χ1) is 10.2. The van der Waals surface area contributed by atoms with Crippen molar-refractivity contribution >= 4 is 33.1 Å². The zero-order chi connectivity index (χ0) is 16.1. The van der Waals surface area contributed by atoms with Crippen LogP contribution in [0.4, 0.5) is 4.79 Å². The number of hydrogen-bond acceptors (Lipinski definition) is 4. The molecule has 0 radical (unpaired) electrons. The molecule has 6 nitrogen and oxygen atoms in total. The molecule has 0 unspecified atom stereocenters. The van der Waals surface area contributed by atoms with Gasteiger partial charge in [0.05, 0.1) is 24.0 Å². The fourth-order valence-corrected chi connectivity index (χ4v) is 3.13. The van der Waals surface area contributed by atoms with E-state index in [0.717, 1.165) is 15.6 Å². The number of halogens is 1. The van der Waals surface area contributed by atoms with Crippen molar-refractivity contribution in [1.29, 1.82) is 0 Å². The van der Waals surface area contributed by atoms with Crippen LogP contribution in [0.2, 0.25) is 0 Å². The Kier molecular flexibility index (Phi) is 3.43. The maximum Gasteiger partial charge on any atom is 0.410 e. The minimum absolute atomic E-state index is 0.268. The third-order valence-corrected chi connectivity index (χ3v) is 4.21. The van der Waals surface area contributed by atoms with Gasteiger partial charge in [0.1, 0.15) is 10.2 Å². The van der Waals surface area contributed by atoms with Crippen LogP contribution >= 0.6 is 15.9 Å². The number of fused-ring (bicyclic) bond motifs is 1. The van der Waals surface area contributed by atoms with Gasteiger partial charge in [-0.2, -0.15) is 5.10 Å². The summed E-state index contributed by atoms with van der Waals surface area (Å²) in [6, 6.07) is 3.86. The normalized spacial score (nSPS) is 17.4. The van der Waals surface area contributed by atoms with E-state index in [-0.39, 0.29) is 11.6 Å². The minimum Gasteiger partial charge on any atom is -0.444 e. The first kappa shape index (κ1) is 15.3. The Balaban J connectivity index is 1.81. The summed E-state index contributed by atoms with van der Waals surface area (Å²) in [5.41, 5.74) is 0.0717. The van der Waals surface area contributed by atoms with Gasteiger partial charge in [0.15, 0.2) is 5.65 Å². The maximum atomic E-state index is 12.1. The van der Waals surface area contributed by atoms with Crippen molar-refractivity contribution in [2.24, 2.45) is 0 Å². The minimum atomic E-state index is -0.480. The summed E-state index contributed by atoms with van der Waals surface area (Å²) in [5, 5.41) is 5.52. The average molecular weight is 367 g/mol. The Bertz CT molecular complexity index is 729. The van der Waals surface area contributed by atoms with Gasteiger partial charge in [0.2, 0.25) is 0 Å². The monoisotopic (exact) mass is 366 g/mol. The van der Waals surface area contributed by atoms with Gasteiger partial charge in [0.25, 0.3) is 0 Å². The van der Waals surface area contributed by atoms with E-state index in [1.54, 1.807) is 11.1 Å². The van der Waals surface area contributed by atoms with Crippen LogP contribution in [0.5, 0.6) is 0 Å². The zero-order valence-electron chi connectivity index (χ0n) is 13.1. The number of ether oxygens (including phenoxy) is 1. The van der Waals surface area contributed by atoms with Gasteiger partial charge in [-0.25, -0.2) is 14.5 Å². The Morgan fingerprint density at radius 1 is 1.41 bits per heavy atom. The Labute approximate surface area is 137 Å². The number of aromatic nitrogens is 3. The van der Waals surface area contributed by atoms with Crippen LogP contribution in [-0.4, -0.2) is 44.4 Å². The van der Waals surface area contributed by atoms with Crippen molar-refractivity contribution in [3.8, 4) is 0 Å². The number of amides is 1. The number of rotatable bonds is 1. The lowest BCUT2D eigenvalue weighted by Gasteiger charge is -2.47. The van der Waals surface area contributed by atoms with Crippen molar-refractivity contribution in [2.75, 3.05) is 13.1 Å². The lowest BCUT2D eigenvalue weighted by molar-refractivity contribution is -0.0254. The molecule has 2 aromatic heterocycles. The molecule has 2 aromatic rings. The molecule has 1 aliphatic rings. The van der Waals surface area contributed by atoms with Crippen molar-refractivity contribution < 1.29 is 9.53 Å². The molecule has 118 valence electrons. The van der Waals surface area contributed by atoms with Gasteiger partial charge in [-0.3, -0.25) is 0 Å². The molecule has 1 saturated heterocycles. The van der Waals surface area contributed by atoms with Crippen LogP contribution in [0.3, 0.4) is 0 Å². The van der Waals surface area contributed by atoms with Crippen LogP contribution in [0, 0.1) is 0 Å². The van der Waals surface area contributed by atoms with Crippen LogP contribution < -0.4 is 0 Å². The van der Waals surface area contributed by atoms with E-state index in [4.69, 9.17) is 4.74 Å². The van der Waals surface area contributed by atoms with E-state index >= 15 is 0 Å². The first-order valence-corrected chi connectivity index (χ1v) is 7.97. The van der Waals surface area contributed by atoms with Crippen molar-refractivity contribution in [3.63, 3.8) is 0 Å². The third-order valence-electron chi connectivity index (χ3n) is 3.62. The average Bonchev–Trinajstić information content (AvgIpc) is 2.71. The van der Waals surface area contributed by atoms with Gasteiger partial charge in [-0.15, -0.1) is 0 Å². The zero-order valence-corrected chi connectivity index (χ0v) is 14.7. The molecule has 1 fully saturated rings. The maximum absolute atomic E-state index is 12.1. The van der Waals surface area contributed by atoms with Crippen molar-refractivity contribution in [1.82, 2.24) is 19.7 Å². The molecule has 3 heterocycles. The van der Waals surface area contributed by atoms with Crippen molar-refractivity contribution in [3.05, 3.63) is 22.9 Å². The molecule has 0 spiro atoms. The Hall–Kier alpha value is -1.63. The Morgan fingerprint density at radius 2 is 2.09 bits per heavy atom. The van der Waals surface area contributed by atoms with Gasteiger partial charge >= 0.3 is 6.09 Å². The van der Waals surface area contributed by atoms with Crippen LogP contribution in [0.1, 0.15) is 27.7 Å². The van der Waals surface area contributed by atoms with E-state index in [0.29, 0.717) is 13.1 Å². The molecule has 22 heavy (non-hydrogen) atoms. The highest BCUT2D eigenvalue weighted by Gasteiger charge is 2.46. The highest BCUT2D eigenvalue weighted by molar-refractivity contribution is 9.10. The lowest BCUT2D eigenvalue weighted by Crippen LogP contribution is -2.63. The first-order valence-electron chi connectivity index (χ1n) is 7.17. The molecule has 3 rings (SSSR count). The predicted octanol–water partition coefficient (Wildman–Crippen LogP) is 3.16. The smallest absolute Gasteiger partial charge is 0.410 e. The number of carbonyl (C=O) groups excluding carboxylic acids is 1. The molecule has 0 atom stereocenters. The molecule has 0 aliphatic carbocycles. The number of hydrogen-bond donors (Lipinski definition) is 0. The molecule has 0 N–H and O–H groups in total. The van der Waals surface area contributed by atoms with E-state index < -0.39 is 5.60 Å². The summed E-state index contributed by atoms with van der Waals surface area (Å²) in [6.45, 7) is 8.79. The van der Waals surface area contributed by atoms with Gasteiger partial charge in [-0.05, 0) is 55.8 Å². The highest BCUT2D eigenvalue weighted by Crippen LogP contribution is 2.34. The van der Waals surface area contributed by atoms with Crippen molar-refractivity contribution in [2.45, 2.75) is 38.8 Å². The molecule has 1 amide bonds. The second-order valence-corrected chi connectivity index (χ2v) is 7.66. The summed E-state index contributed by atoms with van der Waals surface area (Å²) in [7, 11) is 0. The van der Waals surface area contributed by atoms with E-state index in [9.17, 15) is 4.79 Å². The largest absolute Gasteiger partial charge is 0.444 e. The molecule has 0 saturated carbocycles. The standard InChI is InChI=1S/C15H19BrN4O2/c1-14(2,3)22-13(21)19-8-15(4,9-19)20-12-10(11(16)18-20)6-5-7-17-12/h5-7H,8-9H2,1-4H3.